The van der Waals surface area contributed by atoms with Crippen LogP contribution >= 0.6 is 0 Å². The second-order valence-electron chi connectivity index (χ2n) is 16.6. The van der Waals surface area contributed by atoms with E-state index in [2.05, 4.69) is 62.3 Å². The minimum atomic E-state index is -0.925. The van der Waals surface area contributed by atoms with E-state index in [1.54, 1.807) is 41.5 Å². The fourth-order valence-electron chi connectivity index (χ4n) is 3.30. The molecular weight excluding hydrogens is 666 g/mol. The topological polar surface area (TPSA) is 190 Å². The molecule has 0 heterocycles. The first-order chi connectivity index (χ1) is 21.4. The quantitative estimate of drug-likeness (QED) is 0.178. The van der Waals surface area contributed by atoms with E-state index in [0.717, 1.165) is 57.8 Å². The van der Waals surface area contributed by atoms with Gasteiger partial charge in [0.15, 0.2) is 0 Å². The third-order valence-electron chi connectivity index (χ3n) is 5.42. The summed E-state index contributed by atoms with van der Waals surface area (Å²) in [6.45, 7) is 29.5. The standard InChI is InChI=1S/3C10H20O2.3C3H7O.2Al/c3*1-10(2,3)8-6-4-5-7-9(11)12;3*1-3(2)4;;/h3*4-8H2,1-3H3,(H,11,12);3*3H,1-2H3;;/q;;;3*-1;2*+3/p-3. The normalized spacial score (nSPS) is 10.5. The number of rotatable bonds is 15. The molecule has 0 saturated heterocycles. The van der Waals surface area contributed by atoms with Crippen molar-refractivity contribution in [3.8, 4) is 0 Å². The third kappa shape index (κ3) is 146. The molecule has 0 aliphatic carbocycles. The summed E-state index contributed by atoms with van der Waals surface area (Å²) in [5, 5.41) is 58.7. The Bertz CT molecular complexity index is 604. The summed E-state index contributed by atoms with van der Waals surface area (Å²) in [7, 11) is 0. The van der Waals surface area contributed by atoms with Crippen LogP contribution < -0.4 is 30.6 Å². The van der Waals surface area contributed by atoms with Gasteiger partial charge < -0.3 is 45.0 Å². The molecule has 0 spiro atoms. The molecule has 294 valence electrons. The second kappa shape index (κ2) is 42.8. The monoisotopic (exact) mass is 745 g/mol. The minimum Gasteiger partial charge on any atom is -0.852 e. The maximum Gasteiger partial charge on any atom is 3.00 e. The molecule has 0 unspecified atom stereocenters. The number of carboxylic acids is 3. The van der Waals surface area contributed by atoms with Crippen LogP contribution in [0.15, 0.2) is 0 Å². The molecular formula is C39H78Al2O9. The predicted octanol–water partition coefficient (Wildman–Crippen LogP) is 3.70. The summed E-state index contributed by atoms with van der Waals surface area (Å²) in [6, 6.07) is 0. The van der Waals surface area contributed by atoms with E-state index < -0.39 is 36.2 Å². The van der Waals surface area contributed by atoms with Crippen LogP contribution in [0.3, 0.4) is 0 Å². The van der Waals surface area contributed by atoms with Gasteiger partial charge >= 0.3 is 34.7 Å². The van der Waals surface area contributed by atoms with Crippen molar-refractivity contribution in [3.05, 3.63) is 0 Å². The van der Waals surface area contributed by atoms with Gasteiger partial charge in [0.1, 0.15) is 0 Å². The Morgan fingerprint density at radius 2 is 0.520 bits per heavy atom. The van der Waals surface area contributed by atoms with E-state index in [9.17, 15) is 45.0 Å². The van der Waals surface area contributed by atoms with Gasteiger partial charge in [-0.3, -0.25) is 0 Å². The number of carboxylic acid groups (broad SMARTS) is 3. The fourth-order valence-corrected chi connectivity index (χ4v) is 3.30. The number of hydrogen-bond acceptors (Lipinski definition) is 9. The van der Waals surface area contributed by atoms with Crippen LogP contribution in [0, 0.1) is 16.2 Å². The van der Waals surface area contributed by atoms with Crippen molar-refractivity contribution in [2.45, 2.75) is 218 Å². The Labute approximate surface area is 331 Å². The molecule has 9 nitrogen and oxygen atoms in total. The zero-order valence-corrected chi connectivity index (χ0v) is 37.5. The smallest absolute Gasteiger partial charge is 0.852 e. The minimum absolute atomic E-state index is 0. The predicted molar refractivity (Wildman–Crippen MR) is 200 cm³/mol. The van der Waals surface area contributed by atoms with Crippen LogP contribution in [-0.4, -0.2) is 70.9 Å². The van der Waals surface area contributed by atoms with E-state index in [1.807, 2.05) is 0 Å². The summed E-state index contributed by atoms with van der Waals surface area (Å²) < 4.78 is 0. The second-order valence-corrected chi connectivity index (χ2v) is 16.6. The average Bonchev–Trinajstić information content (AvgIpc) is 2.80. The molecule has 0 saturated carbocycles. The molecule has 0 aromatic heterocycles. The van der Waals surface area contributed by atoms with Gasteiger partial charge in [0.25, 0.3) is 0 Å². The Morgan fingerprint density at radius 1 is 0.380 bits per heavy atom. The molecule has 0 aromatic carbocycles. The van der Waals surface area contributed by atoms with Gasteiger partial charge in [0.2, 0.25) is 0 Å². The molecule has 0 aliphatic rings. The molecule has 0 N–H and O–H groups in total. The van der Waals surface area contributed by atoms with Crippen molar-refractivity contribution in [1.82, 2.24) is 0 Å². The average molecular weight is 745 g/mol. The molecule has 0 rings (SSSR count). The molecule has 50 heavy (non-hydrogen) atoms. The molecule has 0 atom stereocenters. The Kier molecular flexibility index (Phi) is 57.7. The number of hydrogen-bond donors (Lipinski definition) is 0. The fraction of sp³-hybridized carbons (Fsp3) is 0.923. The van der Waals surface area contributed by atoms with E-state index >= 15 is 0 Å². The van der Waals surface area contributed by atoms with Crippen molar-refractivity contribution < 1.29 is 45.0 Å². The first kappa shape index (κ1) is 67.5. The summed E-state index contributed by atoms with van der Waals surface area (Å²) in [5.74, 6) is -2.78. The van der Waals surface area contributed by atoms with Crippen molar-refractivity contribution in [2.75, 3.05) is 0 Å². The summed E-state index contributed by atoms with van der Waals surface area (Å²) >= 11 is 0. The van der Waals surface area contributed by atoms with Crippen LogP contribution in [0.2, 0.25) is 0 Å². The van der Waals surface area contributed by atoms with E-state index in [-0.39, 0.29) is 54.0 Å². The third-order valence-corrected chi connectivity index (χ3v) is 5.42. The molecule has 0 amide bonds. The van der Waals surface area contributed by atoms with Gasteiger partial charge in [-0.25, -0.2) is 0 Å². The first-order valence-corrected chi connectivity index (χ1v) is 18.0. The van der Waals surface area contributed by atoms with Gasteiger partial charge in [-0.1, -0.05) is 142 Å². The molecule has 0 aromatic rings. The zero-order valence-electron chi connectivity index (χ0n) is 35.2. The molecule has 0 aliphatic heterocycles. The van der Waals surface area contributed by atoms with Crippen molar-refractivity contribution >= 4 is 52.6 Å². The molecule has 0 fully saturated rings. The Morgan fingerprint density at radius 3 is 0.620 bits per heavy atom. The zero-order chi connectivity index (χ0) is 39.6. The van der Waals surface area contributed by atoms with Crippen molar-refractivity contribution in [1.29, 1.82) is 0 Å². The van der Waals surface area contributed by atoms with Gasteiger partial charge in [0.05, 0.1) is 0 Å². The van der Waals surface area contributed by atoms with Gasteiger partial charge in [-0.05, 0) is 74.0 Å². The maximum atomic E-state index is 10.0. The maximum absolute atomic E-state index is 10.0. The number of aliphatic carboxylic acids is 3. The first-order valence-electron chi connectivity index (χ1n) is 18.0. The number of unbranched alkanes of at least 4 members (excludes halogenated alkanes) is 6. The van der Waals surface area contributed by atoms with Gasteiger partial charge in [-0.2, -0.15) is 0 Å². The number of carbonyl (C=O) groups is 3. The summed E-state index contributed by atoms with van der Waals surface area (Å²) in [6.07, 6.45) is 11.6. The molecule has 0 bridgehead atoms. The molecule has 11 heteroatoms. The van der Waals surface area contributed by atoms with Crippen LogP contribution in [0.25, 0.3) is 0 Å². The Hall–Kier alpha value is -0.645. The largest absolute Gasteiger partial charge is 3.00 e. The van der Waals surface area contributed by atoms with Gasteiger partial charge in [-0.15, -0.1) is 18.3 Å². The number of carbonyl (C=O) groups excluding carboxylic acids is 3. The van der Waals surface area contributed by atoms with Crippen molar-refractivity contribution in [3.63, 3.8) is 0 Å². The summed E-state index contributed by atoms with van der Waals surface area (Å²) in [4.78, 5) is 30.1. The summed E-state index contributed by atoms with van der Waals surface area (Å²) in [5.41, 5.74) is 1.13. The van der Waals surface area contributed by atoms with Crippen molar-refractivity contribution in [2.24, 2.45) is 16.2 Å². The van der Waals surface area contributed by atoms with Gasteiger partial charge in [0, 0.05) is 17.9 Å². The van der Waals surface area contributed by atoms with E-state index in [4.69, 9.17) is 0 Å². The van der Waals surface area contributed by atoms with Crippen LogP contribution in [0.5, 0.6) is 0 Å². The molecule has 0 radical (unpaired) electrons. The van der Waals surface area contributed by atoms with Crippen LogP contribution in [0.1, 0.15) is 200 Å². The van der Waals surface area contributed by atoms with E-state index in [1.165, 1.54) is 19.3 Å². The van der Waals surface area contributed by atoms with Crippen LogP contribution in [-0.2, 0) is 14.4 Å². The van der Waals surface area contributed by atoms with Crippen LogP contribution in [0.4, 0.5) is 0 Å². The van der Waals surface area contributed by atoms with E-state index in [0.29, 0.717) is 16.2 Å². The SMILES string of the molecule is CC(C)(C)CCCCCC(=O)[O-].CC(C)(C)CCCCCC(=O)[O-].CC(C)(C)CCCCCC(=O)[O-].CC(C)[O-].CC(C)[O-].CC(C)[O-].[Al+3].[Al+3]. The Balaban J connectivity index is -0.0000000745.